The Labute approximate surface area is 130 Å². The number of nitrogens with one attached hydrogen (secondary N) is 2. The molecule has 3 N–H and O–H groups in total. The lowest BCUT2D eigenvalue weighted by Gasteiger charge is -1.95. The highest BCUT2D eigenvalue weighted by atomic mass is 32.1. The van der Waals surface area contributed by atoms with Gasteiger partial charge in [-0.25, -0.2) is 5.43 Å². The fraction of sp³-hybridized carbons (Fsp3) is 0. The van der Waals surface area contributed by atoms with Gasteiger partial charge in [0.15, 0.2) is 5.69 Å². The number of carbonyl (C=O) groups is 1. The highest BCUT2D eigenvalue weighted by molar-refractivity contribution is 7.13. The lowest BCUT2D eigenvalue weighted by molar-refractivity contribution is 0.0950. The van der Waals surface area contributed by atoms with E-state index in [-0.39, 0.29) is 11.4 Å². The Balaban J connectivity index is 1.63. The molecular weight excluding hydrogens is 300 g/mol. The summed E-state index contributed by atoms with van der Waals surface area (Å²) < 4.78 is 0. The number of phenolic OH excluding ortho intramolecular Hbond substituents is 1. The van der Waals surface area contributed by atoms with Gasteiger partial charge < -0.3 is 5.11 Å². The zero-order valence-electron chi connectivity index (χ0n) is 11.4. The van der Waals surface area contributed by atoms with Crippen LogP contribution in [0.1, 0.15) is 16.1 Å². The van der Waals surface area contributed by atoms with Crippen molar-refractivity contribution in [3.05, 3.63) is 59.1 Å². The molecule has 0 fully saturated rings. The number of nitrogens with zero attached hydrogens (tertiary/aromatic N) is 2. The van der Waals surface area contributed by atoms with Crippen LogP contribution in [0, 0.1) is 0 Å². The number of aromatic hydroxyl groups is 1. The number of aromatic amines is 1. The van der Waals surface area contributed by atoms with Crippen LogP contribution in [0.3, 0.4) is 0 Å². The van der Waals surface area contributed by atoms with Gasteiger partial charge in [-0.15, -0.1) is 11.3 Å². The summed E-state index contributed by atoms with van der Waals surface area (Å²) in [5, 5.41) is 21.8. The average Bonchev–Trinajstić information content (AvgIpc) is 3.20. The molecule has 22 heavy (non-hydrogen) atoms. The van der Waals surface area contributed by atoms with E-state index >= 15 is 0 Å². The van der Waals surface area contributed by atoms with Crippen molar-refractivity contribution < 1.29 is 9.90 Å². The number of hydrogen-bond acceptors (Lipinski definition) is 5. The first-order valence-electron chi connectivity index (χ1n) is 6.44. The fourth-order valence-electron chi connectivity index (χ4n) is 1.78. The van der Waals surface area contributed by atoms with E-state index in [2.05, 4.69) is 20.7 Å². The summed E-state index contributed by atoms with van der Waals surface area (Å²) in [6.07, 6.45) is 1.49. The molecular formula is C15H12N4O2S. The number of H-pyrrole nitrogens is 1. The monoisotopic (exact) mass is 312 g/mol. The van der Waals surface area contributed by atoms with Crippen LogP contribution >= 0.6 is 11.3 Å². The molecule has 7 heteroatoms. The minimum Gasteiger partial charge on any atom is -0.508 e. The van der Waals surface area contributed by atoms with Gasteiger partial charge in [-0.3, -0.25) is 9.89 Å². The molecule has 1 aromatic carbocycles. The predicted octanol–water partition coefficient (Wildman–Crippen LogP) is 2.61. The SMILES string of the molecule is O=C(N/N=C/c1ccc(O)cc1)c1cc(-c2cccs2)[nH]n1. The maximum Gasteiger partial charge on any atom is 0.291 e. The molecule has 3 rings (SSSR count). The zero-order valence-corrected chi connectivity index (χ0v) is 12.2. The number of rotatable bonds is 4. The van der Waals surface area contributed by atoms with Crippen LogP contribution in [0.25, 0.3) is 10.6 Å². The average molecular weight is 312 g/mol. The van der Waals surface area contributed by atoms with Crippen molar-refractivity contribution in [1.82, 2.24) is 15.6 Å². The molecule has 110 valence electrons. The van der Waals surface area contributed by atoms with Crippen LogP contribution in [0.2, 0.25) is 0 Å². The quantitative estimate of drug-likeness (QED) is 0.511. The number of benzene rings is 1. The van der Waals surface area contributed by atoms with Gasteiger partial charge >= 0.3 is 0 Å². The van der Waals surface area contributed by atoms with Crippen molar-refractivity contribution in [2.24, 2.45) is 5.10 Å². The van der Waals surface area contributed by atoms with Crippen LogP contribution in [0.15, 0.2) is 52.9 Å². The first kappa shape index (κ1) is 14.0. The highest BCUT2D eigenvalue weighted by Crippen LogP contribution is 2.22. The van der Waals surface area contributed by atoms with Crippen LogP contribution in [-0.4, -0.2) is 27.4 Å². The minimum absolute atomic E-state index is 0.179. The van der Waals surface area contributed by atoms with Gasteiger partial charge in [0, 0.05) is 0 Å². The van der Waals surface area contributed by atoms with Gasteiger partial charge in [0.25, 0.3) is 5.91 Å². The van der Waals surface area contributed by atoms with Crippen molar-refractivity contribution in [3.8, 4) is 16.3 Å². The van der Waals surface area contributed by atoms with Crippen LogP contribution in [-0.2, 0) is 0 Å². The number of thiophene rings is 1. The third-order valence-corrected chi connectivity index (χ3v) is 3.77. The molecule has 3 aromatic rings. The Kier molecular flexibility index (Phi) is 3.97. The van der Waals surface area contributed by atoms with Crippen LogP contribution in [0.5, 0.6) is 5.75 Å². The lowest BCUT2D eigenvalue weighted by Crippen LogP contribution is -2.17. The van der Waals surface area contributed by atoms with Crippen molar-refractivity contribution in [3.63, 3.8) is 0 Å². The van der Waals surface area contributed by atoms with E-state index in [1.54, 1.807) is 41.7 Å². The number of phenols is 1. The maximum absolute atomic E-state index is 11.9. The Morgan fingerprint density at radius 3 is 2.86 bits per heavy atom. The highest BCUT2D eigenvalue weighted by Gasteiger charge is 2.10. The number of hydrogen-bond donors (Lipinski definition) is 3. The molecule has 2 aromatic heterocycles. The summed E-state index contributed by atoms with van der Waals surface area (Å²) in [5.74, 6) is -0.215. The van der Waals surface area contributed by atoms with Gasteiger partial charge in [0.2, 0.25) is 0 Å². The molecule has 2 heterocycles. The van der Waals surface area contributed by atoms with E-state index in [9.17, 15) is 9.90 Å². The molecule has 6 nitrogen and oxygen atoms in total. The second-order valence-electron chi connectivity index (χ2n) is 4.43. The third-order valence-electron chi connectivity index (χ3n) is 2.87. The molecule has 0 bridgehead atoms. The Morgan fingerprint density at radius 1 is 1.32 bits per heavy atom. The van der Waals surface area contributed by atoms with E-state index in [0.717, 1.165) is 16.1 Å². The number of carbonyl (C=O) groups excluding carboxylic acids is 1. The van der Waals surface area contributed by atoms with Crippen molar-refractivity contribution in [2.45, 2.75) is 0 Å². The van der Waals surface area contributed by atoms with Gasteiger partial charge in [0.05, 0.1) is 16.8 Å². The predicted molar refractivity (Wildman–Crippen MR) is 85.1 cm³/mol. The Morgan fingerprint density at radius 2 is 2.14 bits per heavy atom. The van der Waals surface area contributed by atoms with Gasteiger partial charge in [-0.05, 0) is 47.3 Å². The van der Waals surface area contributed by atoms with E-state index < -0.39 is 5.91 Å². The molecule has 0 saturated heterocycles. The number of aromatic nitrogens is 2. The molecule has 0 spiro atoms. The molecule has 0 aliphatic heterocycles. The summed E-state index contributed by atoms with van der Waals surface area (Å²) in [4.78, 5) is 12.9. The van der Waals surface area contributed by atoms with E-state index in [1.807, 2.05) is 17.5 Å². The second-order valence-corrected chi connectivity index (χ2v) is 5.38. The van der Waals surface area contributed by atoms with Crippen molar-refractivity contribution in [1.29, 1.82) is 0 Å². The van der Waals surface area contributed by atoms with E-state index in [0.29, 0.717) is 0 Å². The molecule has 1 amide bonds. The summed E-state index contributed by atoms with van der Waals surface area (Å²) >= 11 is 1.56. The number of amides is 1. The van der Waals surface area contributed by atoms with E-state index in [1.165, 1.54) is 6.21 Å². The smallest absolute Gasteiger partial charge is 0.291 e. The summed E-state index contributed by atoms with van der Waals surface area (Å²) in [6.45, 7) is 0. The zero-order chi connectivity index (χ0) is 15.4. The first-order valence-corrected chi connectivity index (χ1v) is 7.32. The topological polar surface area (TPSA) is 90.4 Å². The van der Waals surface area contributed by atoms with Crippen molar-refractivity contribution in [2.75, 3.05) is 0 Å². The normalized spacial score (nSPS) is 10.9. The standard InChI is InChI=1S/C15H12N4O2S/c20-11-5-3-10(4-6-11)9-16-19-15(21)13-8-12(17-18-13)14-2-1-7-22-14/h1-9,20H,(H,17,18)(H,19,21)/b16-9+. The van der Waals surface area contributed by atoms with Crippen LogP contribution in [0.4, 0.5) is 0 Å². The molecule has 0 aliphatic rings. The summed E-state index contributed by atoms with van der Waals surface area (Å²) in [6, 6.07) is 12.0. The summed E-state index contributed by atoms with van der Waals surface area (Å²) in [5.41, 5.74) is 4.24. The fourth-order valence-corrected chi connectivity index (χ4v) is 2.47. The lowest BCUT2D eigenvalue weighted by atomic mass is 10.2. The molecule has 0 aliphatic carbocycles. The maximum atomic E-state index is 11.9. The van der Waals surface area contributed by atoms with E-state index in [4.69, 9.17) is 0 Å². The Bertz CT molecular complexity index is 791. The molecule has 0 saturated carbocycles. The first-order chi connectivity index (χ1) is 10.7. The molecule has 0 unspecified atom stereocenters. The van der Waals surface area contributed by atoms with Crippen molar-refractivity contribution >= 4 is 23.5 Å². The largest absolute Gasteiger partial charge is 0.508 e. The summed E-state index contributed by atoms with van der Waals surface area (Å²) in [7, 11) is 0. The van der Waals surface area contributed by atoms with Gasteiger partial charge in [-0.2, -0.15) is 10.2 Å². The molecule has 0 atom stereocenters. The number of hydrazone groups is 1. The Hall–Kier alpha value is -2.93. The van der Waals surface area contributed by atoms with Gasteiger partial charge in [0.1, 0.15) is 5.75 Å². The van der Waals surface area contributed by atoms with Crippen LogP contribution < -0.4 is 5.43 Å². The van der Waals surface area contributed by atoms with Gasteiger partial charge in [-0.1, -0.05) is 6.07 Å². The minimum atomic E-state index is -0.394. The second kappa shape index (κ2) is 6.23. The third kappa shape index (κ3) is 3.21. The molecule has 0 radical (unpaired) electrons.